The number of amides is 1. The monoisotopic (exact) mass is 292 g/mol. The fourth-order valence-electron chi connectivity index (χ4n) is 1.61. The van der Waals surface area contributed by atoms with E-state index in [4.69, 9.17) is 23.1 Å². The summed E-state index contributed by atoms with van der Waals surface area (Å²) < 4.78 is 0. The zero-order chi connectivity index (χ0) is 13.8. The van der Waals surface area contributed by atoms with Gasteiger partial charge in [-0.15, -0.1) is 11.8 Å². The van der Waals surface area contributed by atoms with Gasteiger partial charge < -0.3 is 11.5 Å². The van der Waals surface area contributed by atoms with Gasteiger partial charge in [0.25, 0.3) is 0 Å². The number of anilines is 1. The Morgan fingerprint density at radius 3 is 2.74 bits per heavy atom. The van der Waals surface area contributed by atoms with Crippen molar-refractivity contribution in [3.8, 4) is 0 Å². The lowest BCUT2D eigenvalue weighted by atomic mass is 10.1. The molecule has 0 saturated heterocycles. The van der Waals surface area contributed by atoms with Crippen LogP contribution in [0.4, 0.5) is 5.69 Å². The summed E-state index contributed by atoms with van der Waals surface area (Å²) in [4.78, 5) is 12.0. The highest BCUT2D eigenvalue weighted by atomic mass is 35.5. The van der Waals surface area contributed by atoms with Crippen LogP contribution in [0, 0.1) is 0 Å². The van der Waals surface area contributed by atoms with E-state index in [0.717, 1.165) is 10.5 Å². The Balaban J connectivity index is 2.12. The van der Waals surface area contributed by atoms with Gasteiger partial charge in [-0.3, -0.25) is 4.79 Å². The lowest BCUT2D eigenvalue weighted by Gasteiger charge is -2.06. The fraction of sp³-hybridized carbons (Fsp3) is 0.0714. The van der Waals surface area contributed by atoms with E-state index in [2.05, 4.69) is 0 Å². The molecule has 0 heterocycles. The fourth-order valence-corrected chi connectivity index (χ4v) is 2.81. The van der Waals surface area contributed by atoms with Gasteiger partial charge in [0.05, 0.1) is 5.02 Å². The Morgan fingerprint density at radius 2 is 2.00 bits per heavy atom. The van der Waals surface area contributed by atoms with Crippen LogP contribution in [0.3, 0.4) is 0 Å². The Kier molecular flexibility index (Phi) is 4.35. The first-order chi connectivity index (χ1) is 9.06. The van der Waals surface area contributed by atoms with Crippen LogP contribution in [0.15, 0.2) is 47.4 Å². The second kappa shape index (κ2) is 5.99. The summed E-state index contributed by atoms with van der Waals surface area (Å²) in [6.45, 7) is 0. The molecule has 0 aliphatic heterocycles. The molecule has 0 atom stereocenters. The molecule has 2 rings (SSSR count). The molecule has 2 aromatic rings. The van der Waals surface area contributed by atoms with Crippen LogP contribution < -0.4 is 11.5 Å². The molecule has 19 heavy (non-hydrogen) atoms. The van der Waals surface area contributed by atoms with Gasteiger partial charge in [0.2, 0.25) is 5.91 Å². The molecule has 0 radical (unpaired) electrons. The van der Waals surface area contributed by atoms with Gasteiger partial charge in [-0.25, -0.2) is 0 Å². The topological polar surface area (TPSA) is 69.1 Å². The van der Waals surface area contributed by atoms with Gasteiger partial charge in [-0.1, -0.05) is 23.7 Å². The number of halogens is 1. The number of nitrogen functional groups attached to an aromatic ring is 1. The number of carbonyl (C=O) groups excluding carboxylic acids is 1. The summed E-state index contributed by atoms with van der Waals surface area (Å²) in [6.07, 6.45) is 0. The molecule has 4 N–H and O–H groups in total. The average Bonchev–Trinajstić information content (AvgIpc) is 2.40. The minimum absolute atomic E-state index is 0.422. The van der Waals surface area contributed by atoms with Crippen molar-refractivity contribution in [2.24, 2.45) is 5.73 Å². The summed E-state index contributed by atoms with van der Waals surface area (Å²) in [5, 5.41) is 0.672. The van der Waals surface area contributed by atoms with Crippen molar-refractivity contribution in [1.82, 2.24) is 0 Å². The molecule has 0 aromatic heterocycles. The molecule has 0 fully saturated rings. The predicted molar refractivity (Wildman–Crippen MR) is 80.4 cm³/mol. The number of thioether (sulfide) groups is 1. The Morgan fingerprint density at radius 1 is 1.21 bits per heavy atom. The number of hydrogen-bond donors (Lipinski definition) is 2. The molecule has 2 aromatic carbocycles. The molecule has 3 nitrogen and oxygen atoms in total. The SMILES string of the molecule is NC(=O)c1cccc(CSc2cc(N)ccc2Cl)c1. The molecule has 1 amide bonds. The van der Waals surface area contributed by atoms with Gasteiger partial charge in [0, 0.05) is 21.9 Å². The van der Waals surface area contributed by atoms with Gasteiger partial charge in [0.15, 0.2) is 0 Å². The normalized spacial score (nSPS) is 10.4. The third kappa shape index (κ3) is 3.66. The highest BCUT2D eigenvalue weighted by Crippen LogP contribution is 2.31. The van der Waals surface area contributed by atoms with Gasteiger partial charge in [0.1, 0.15) is 0 Å². The van der Waals surface area contributed by atoms with Crippen molar-refractivity contribution >= 4 is 35.0 Å². The van der Waals surface area contributed by atoms with E-state index in [1.807, 2.05) is 18.2 Å². The third-order valence-electron chi connectivity index (χ3n) is 2.56. The maximum absolute atomic E-state index is 11.1. The van der Waals surface area contributed by atoms with Crippen LogP contribution in [0.2, 0.25) is 5.02 Å². The first-order valence-corrected chi connectivity index (χ1v) is 6.99. The minimum atomic E-state index is -0.422. The van der Waals surface area contributed by atoms with Crippen molar-refractivity contribution in [2.75, 3.05) is 5.73 Å². The molecule has 0 saturated carbocycles. The van der Waals surface area contributed by atoms with E-state index in [1.54, 1.807) is 36.0 Å². The summed E-state index contributed by atoms with van der Waals surface area (Å²) in [7, 11) is 0. The quantitative estimate of drug-likeness (QED) is 0.671. The number of nitrogens with two attached hydrogens (primary N) is 2. The van der Waals surface area contributed by atoms with Crippen molar-refractivity contribution in [1.29, 1.82) is 0 Å². The number of hydrogen-bond acceptors (Lipinski definition) is 3. The minimum Gasteiger partial charge on any atom is -0.399 e. The smallest absolute Gasteiger partial charge is 0.248 e. The van der Waals surface area contributed by atoms with E-state index in [0.29, 0.717) is 22.0 Å². The zero-order valence-corrected chi connectivity index (χ0v) is 11.7. The molecular formula is C14H13ClN2OS. The molecule has 0 bridgehead atoms. The summed E-state index contributed by atoms with van der Waals surface area (Å²) in [6, 6.07) is 12.6. The third-order valence-corrected chi connectivity index (χ3v) is 4.13. The van der Waals surface area contributed by atoms with Gasteiger partial charge in [-0.2, -0.15) is 0 Å². The van der Waals surface area contributed by atoms with Crippen LogP contribution in [0.1, 0.15) is 15.9 Å². The summed E-state index contributed by atoms with van der Waals surface area (Å²) >= 11 is 7.66. The van der Waals surface area contributed by atoms with Crippen molar-refractivity contribution in [3.05, 3.63) is 58.6 Å². The van der Waals surface area contributed by atoms with Crippen LogP contribution in [-0.4, -0.2) is 5.91 Å². The van der Waals surface area contributed by atoms with Crippen LogP contribution >= 0.6 is 23.4 Å². The zero-order valence-electron chi connectivity index (χ0n) is 10.1. The maximum Gasteiger partial charge on any atom is 0.248 e. The molecular weight excluding hydrogens is 280 g/mol. The largest absolute Gasteiger partial charge is 0.399 e. The number of rotatable bonds is 4. The Bertz CT molecular complexity index is 616. The standard InChI is InChI=1S/C14H13ClN2OS/c15-12-5-4-11(16)7-13(12)19-8-9-2-1-3-10(6-9)14(17)18/h1-7H,8,16H2,(H2,17,18). The predicted octanol–water partition coefficient (Wildman–Crippen LogP) is 3.31. The first-order valence-electron chi connectivity index (χ1n) is 5.63. The highest BCUT2D eigenvalue weighted by Gasteiger charge is 2.05. The summed E-state index contributed by atoms with van der Waals surface area (Å²) in [5.41, 5.74) is 13.2. The van der Waals surface area contributed by atoms with Gasteiger partial charge in [-0.05, 0) is 35.9 Å². The van der Waals surface area contributed by atoms with Crippen LogP contribution in [0.25, 0.3) is 0 Å². The van der Waals surface area contributed by atoms with E-state index in [-0.39, 0.29) is 0 Å². The maximum atomic E-state index is 11.1. The molecule has 0 unspecified atom stereocenters. The summed E-state index contributed by atoms with van der Waals surface area (Å²) in [5.74, 6) is 0.276. The molecule has 0 aliphatic rings. The molecule has 98 valence electrons. The van der Waals surface area contributed by atoms with Crippen molar-refractivity contribution in [3.63, 3.8) is 0 Å². The second-order valence-corrected chi connectivity index (χ2v) is 5.47. The Labute approximate surface area is 120 Å². The van der Waals surface area contributed by atoms with Crippen molar-refractivity contribution in [2.45, 2.75) is 10.6 Å². The van der Waals surface area contributed by atoms with E-state index in [1.165, 1.54) is 0 Å². The lowest BCUT2D eigenvalue weighted by molar-refractivity contribution is 0.1000. The Hall–Kier alpha value is -1.65. The van der Waals surface area contributed by atoms with E-state index < -0.39 is 5.91 Å². The second-order valence-electron chi connectivity index (χ2n) is 4.04. The highest BCUT2D eigenvalue weighted by molar-refractivity contribution is 7.98. The van der Waals surface area contributed by atoms with E-state index in [9.17, 15) is 4.79 Å². The first kappa shape index (κ1) is 13.8. The molecule has 0 spiro atoms. The molecule has 0 aliphatic carbocycles. The van der Waals surface area contributed by atoms with Crippen LogP contribution in [0.5, 0.6) is 0 Å². The van der Waals surface area contributed by atoms with Crippen molar-refractivity contribution < 1.29 is 4.79 Å². The lowest BCUT2D eigenvalue weighted by Crippen LogP contribution is -2.10. The number of benzene rings is 2. The van der Waals surface area contributed by atoms with Crippen LogP contribution in [-0.2, 0) is 5.75 Å². The number of primary amides is 1. The van der Waals surface area contributed by atoms with Gasteiger partial charge >= 0.3 is 0 Å². The number of carbonyl (C=O) groups is 1. The average molecular weight is 293 g/mol. The van der Waals surface area contributed by atoms with E-state index >= 15 is 0 Å². The molecule has 5 heteroatoms.